The third-order valence-corrected chi connectivity index (χ3v) is 5.51. The zero-order valence-electron chi connectivity index (χ0n) is 14.2. The highest BCUT2D eigenvalue weighted by Crippen LogP contribution is 2.28. The normalized spacial score (nSPS) is 11.9. The van der Waals surface area contributed by atoms with Gasteiger partial charge in [0.15, 0.2) is 5.13 Å². The molecule has 0 aliphatic rings. The summed E-state index contributed by atoms with van der Waals surface area (Å²) in [5.74, 6) is -1.02. The minimum atomic E-state index is -4.87. The summed E-state index contributed by atoms with van der Waals surface area (Å²) in [7, 11) is -4.08. The Morgan fingerprint density at radius 1 is 1.33 bits per heavy atom. The highest BCUT2D eigenvalue weighted by molar-refractivity contribution is 7.93. The molecule has 0 aliphatic carbocycles. The molecule has 0 amide bonds. The van der Waals surface area contributed by atoms with Crippen molar-refractivity contribution in [3.8, 4) is 5.75 Å². The third kappa shape index (κ3) is 6.10. The molecule has 1 heterocycles. The fourth-order valence-electron chi connectivity index (χ4n) is 2.09. The highest BCUT2D eigenvalue weighted by Gasteiger charge is 2.31. The van der Waals surface area contributed by atoms with E-state index in [0.29, 0.717) is 5.69 Å². The van der Waals surface area contributed by atoms with Crippen molar-refractivity contribution in [2.45, 2.75) is 31.5 Å². The van der Waals surface area contributed by atoms with E-state index in [1.54, 1.807) is 6.92 Å². The van der Waals surface area contributed by atoms with E-state index in [1.807, 2.05) is 0 Å². The number of hydrogen-bond acceptors (Lipinski definition) is 7. The largest absolute Gasteiger partial charge is 0.573 e. The van der Waals surface area contributed by atoms with E-state index in [4.69, 9.17) is 4.74 Å². The predicted molar refractivity (Wildman–Crippen MR) is 91.1 cm³/mol. The Bertz CT molecular complexity index is 926. The number of sulfonamides is 1. The molecule has 0 saturated heterocycles. The van der Waals surface area contributed by atoms with E-state index < -0.39 is 28.1 Å². The Kier molecular flexibility index (Phi) is 6.31. The molecule has 0 unspecified atom stereocenters. The van der Waals surface area contributed by atoms with Crippen LogP contribution in [0, 0.1) is 6.92 Å². The number of rotatable bonds is 7. The summed E-state index contributed by atoms with van der Waals surface area (Å²) in [6.07, 6.45) is -4.98. The SMILES string of the molecule is CCOC(=O)Cc1csc(NS(=O)(=O)c2ccc(OC(F)(F)F)cc2C)n1. The van der Waals surface area contributed by atoms with Crippen LogP contribution in [0.2, 0.25) is 0 Å². The van der Waals surface area contributed by atoms with Crippen LogP contribution in [0.15, 0.2) is 28.5 Å². The number of aryl methyl sites for hydroxylation is 1. The van der Waals surface area contributed by atoms with Gasteiger partial charge >= 0.3 is 12.3 Å². The number of halogens is 3. The number of carbonyl (C=O) groups is 1. The first kappa shape index (κ1) is 21.0. The molecule has 1 aromatic carbocycles. The number of benzene rings is 1. The molecule has 0 radical (unpaired) electrons. The van der Waals surface area contributed by atoms with Crippen LogP contribution in [0.3, 0.4) is 0 Å². The molecule has 0 saturated carbocycles. The van der Waals surface area contributed by atoms with E-state index in [2.05, 4.69) is 14.4 Å². The summed E-state index contributed by atoms with van der Waals surface area (Å²) in [6.45, 7) is 3.22. The van der Waals surface area contributed by atoms with E-state index in [-0.39, 0.29) is 28.6 Å². The van der Waals surface area contributed by atoms with Crippen molar-refractivity contribution in [1.29, 1.82) is 0 Å². The monoisotopic (exact) mass is 424 g/mol. The second kappa shape index (κ2) is 8.13. The Morgan fingerprint density at radius 2 is 2.04 bits per heavy atom. The van der Waals surface area contributed by atoms with Crippen molar-refractivity contribution >= 4 is 32.5 Å². The summed E-state index contributed by atoms with van der Waals surface area (Å²) >= 11 is 0.965. The molecule has 0 fully saturated rings. The second-order valence-corrected chi connectivity index (χ2v) is 7.72. The summed E-state index contributed by atoms with van der Waals surface area (Å²) < 4.78 is 72.4. The van der Waals surface area contributed by atoms with Gasteiger partial charge in [-0.05, 0) is 37.6 Å². The zero-order chi connectivity index (χ0) is 20.2. The number of aromatic nitrogens is 1. The molecule has 148 valence electrons. The van der Waals surface area contributed by atoms with Gasteiger partial charge in [0.2, 0.25) is 0 Å². The number of nitrogens with one attached hydrogen (secondary N) is 1. The predicted octanol–water partition coefficient (Wildman–Crippen LogP) is 3.26. The first-order valence-corrected chi connectivity index (χ1v) is 9.85. The number of hydrogen-bond donors (Lipinski definition) is 1. The average Bonchev–Trinajstić information content (AvgIpc) is 2.91. The maximum absolute atomic E-state index is 12.5. The summed E-state index contributed by atoms with van der Waals surface area (Å²) in [5, 5.41) is 1.52. The van der Waals surface area contributed by atoms with Gasteiger partial charge in [0.25, 0.3) is 10.0 Å². The first-order chi connectivity index (χ1) is 12.5. The topological polar surface area (TPSA) is 94.6 Å². The number of alkyl halides is 3. The molecule has 12 heteroatoms. The van der Waals surface area contributed by atoms with Gasteiger partial charge in [-0.15, -0.1) is 24.5 Å². The number of anilines is 1. The Balaban J connectivity index is 2.15. The van der Waals surface area contributed by atoms with Crippen molar-refractivity contribution in [2.75, 3.05) is 11.3 Å². The van der Waals surface area contributed by atoms with Gasteiger partial charge in [-0.1, -0.05) is 0 Å². The molecule has 1 N–H and O–H groups in total. The van der Waals surface area contributed by atoms with Gasteiger partial charge in [0.05, 0.1) is 23.6 Å². The molecule has 0 spiro atoms. The molecular formula is C15H15F3N2O5S2. The lowest BCUT2D eigenvalue weighted by molar-refractivity contribution is -0.274. The fourth-order valence-corrected chi connectivity index (χ4v) is 4.28. The molecule has 0 aliphatic heterocycles. The number of nitrogens with zero attached hydrogens (tertiary/aromatic N) is 1. The fraction of sp³-hybridized carbons (Fsp3) is 0.333. The number of carbonyl (C=O) groups excluding carboxylic acids is 1. The first-order valence-electron chi connectivity index (χ1n) is 7.49. The zero-order valence-corrected chi connectivity index (χ0v) is 15.8. The van der Waals surface area contributed by atoms with Crippen LogP contribution in [0.25, 0.3) is 0 Å². The van der Waals surface area contributed by atoms with E-state index in [1.165, 1.54) is 12.3 Å². The lowest BCUT2D eigenvalue weighted by Crippen LogP contribution is -2.18. The Labute approximate surface area is 157 Å². The minimum absolute atomic E-state index is 0.0179. The van der Waals surface area contributed by atoms with Crippen LogP contribution < -0.4 is 9.46 Å². The van der Waals surface area contributed by atoms with Crippen LogP contribution in [0.5, 0.6) is 5.75 Å². The Hall–Kier alpha value is -2.34. The van der Waals surface area contributed by atoms with Gasteiger partial charge in [0, 0.05) is 5.38 Å². The maximum atomic E-state index is 12.5. The van der Waals surface area contributed by atoms with E-state index >= 15 is 0 Å². The molecular weight excluding hydrogens is 409 g/mol. The van der Waals surface area contributed by atoms with Crippen molar-refractivity contribution in [2.24, 2.45) is 0 Å². The molecule has 2 rings (SSSR count). The van der Waals surface area contributed by atoms with Crippen LogP contribution >= 0.6 is 11.3 Å². The van der Waals surface area contributed by atoms with Crippen molar-refractivity contribution in [3.63, 3.8) is 0 Å². The summed E-state index contributed by atoms with van der Waals surface area (Å²) in [5.41, 5.74) is 0.398. The van der Waals surface area contributed by atoms with Crippen LogP contribution in [-0.4, -0.2) is 32.3 Å². The van der Waals surface area contributed by atoms with E-state index in [9.17, 15) is 26.4 Å². The average molecular weight is 424 g/mol. The summed E-state index contributed by atoms with van der Waals surface area (Å²) in [4.78, 5) is 15.2. The lowest BCUT2D eigenvalue weighted by Gasteiger charge is -2.12. The highest BCUT2D eigenvalue weighted by atomic mass is 32.2. The molecule has 2 aromatic rings. The smallest absolute Gasteiger partial charge is 0.466 e. The molecule has 0 bridgehead atoms. The second-order valence-electron chi connectivity index (χ2n) is 5.21. The summed E-state index contributed by atoms with van der Waals surface area (Å²) in [6, 6.07) is 2.88. The van der Waals surface area contributed by atoms with Crippen LogP contribution in [0.4, 0.5) is 18.3 Å². The van der Waals surface area contributed by atoms with Gasteiger partial charge in [0.1, 0.15) is 5.75 Å². The van der Waals surface area contributed by atoms with Gasteiger partial charge < -0.3 is 9.47 Å². The van der Waals surface area contributed by atoms with Crippen molar-refractivity contribution < 1.29 is 35.9 Å². The molecule has 27 heavy (non-hydrogen) atoms. The minimum Gasteiger partial charge on any atom is -0.466 e. The van der Waals surface area contributed by atoms with Gasteiger partial charge in [-0.25, -0.2) is 13.4 Å². The maximum Gasteiger partial charge on any atom is 0.573 e. The standard InChI is InChI=1S/C15H15F3N2O5S2/c1-3-24-13(21)7-10-8-26-14(19-10)20-27(22,23)12-5-4-11(6-9(12)2)25-15(16,17)18/h4-6,8H,3,7H2,1-2H3,(H,19,20). The number of thiazole rings is 1. The third-order valence-electron chi connectivity index (χ3n) is 3.07. The molecule has 1 aromatic heterocycles. The Morgan fingerprint density at radius 3 is 2.63 bits per heavy atom. The van der Waals surface area contributed by atoms with E-state index in [0.717, 1.165) is 29.5 Å². The lowest BCUT2D eigenvalue weighted by atomic mass is 10.2. The number of ether oxygens (including phenoxy) is 2. The van der Waals surface area contributed by atoms with Crippen molar-refractivity contribution in [1.82, 2.24) is 4.98 Å². The molecule has 7 nitrogen and oxygen atoms in total. The van der Waals surface area contributed by atoms with Crippen LogP contribution in [0.1, 0.15) is 18.2 Å². The van der Waals surface area contributed by atoms with Gasteiger partial charge in [-0.2, -0.15) is 0 Å². The number of esters is 1. The quantitative estimate of drug-likeness (QED) is 0.686. The van der Waals surface area contributed by atoms with Gasteiger partial charge in [-0.3, -0.25) is 9.52 Å². The molecule has 0 atom stereocenters. The van der Waals surface area contributed by atoms with Crippen LogP contribution in [-0.2, 0) is 26.0 Å². The van der Waals surface area contributed by atoms with Crippen molar-refractivity contribution in [3.05, 3.63) is 34.8 Å².